The van der Waals surface area contributed by atoms with Gasteiger partial charge in [-0.1, -0.05) is 24.3 Å². The van der Waals surface area contributed by atoms with Crippen molar-refractivity contribution in [1.29, 1.82) is 0 Å². The van der Waals surface area contributed by atoms with Crippen LogP contribution in [0, 0.1) is 0 Å². The van der Waals surface area contributed by atoms with Gasteiger partial charge in [-0.05, 0) is 28.9 Å². The number of halogens is 1. The van der Waals surface area contributed by atoms with Gasteiger partial charge in [-0.15, -0.1) is 0 Å². The molecule has 1 aromatic carbocycles. The quantitative estimate of drug-likeness (QED) is 0.812. The standard InChI is InChI=1S/C11H14BrNO/c1-8(2)6-13-7-9-4-3-5-10(12)11(9)14/h3-5,13-14H,1,6-7H2,2H3. The Morgan fingerprint density at radius 3 is 2.93 bits per heavy atom. The Morgan fingerprint density at radius 2 is 2.29 bits per heavy atom. The van der Waals surface area contributed by atoms with Crippen LogP contribution in [0.25, 0.3) is 0 Å². The Morgan fingerprint density at radius 1 is 1.57 bits per heavy atom. The molecule has 0 radical (unpaired) electrons. The van der Waals surface area contributed by atoms with E-state index in [-0.39, 0.29) is 0 Å². The van der Waals surface area contributed by atoms with Gasteiger partial charge < -0.3 is 10.4 Å². The molecule has 1 rings (SSSR count). The zero-order valence-corrected chi connectivity index (χ0v) is 9.76. The number of hydrogen-bond donors (Lipinski definition) is 2. The number of phenolic OH excluding ortho intramolecular Hbond substituents is 1. The van der Waals surface area contributed by atoms with Gasteiger partial charge in [0.1, 0.15) is 5.75 Å². The predicted molar refractivity (Wildman–Crippen MR) is 62.3 cm³/mol. The SMILES string of the molecule is C=C(C)CNCc1cccc(Br)c1O. The molecule has 0 saturated carbocycles. The molecule has 0 heterocycles. The number of para-hydroxylation sites is 1. The summed E-state index contributed by atoms with van der Waals surface area (Å²) >= 11 is 3.27. The normalized spacial score (nSPS) is 10.1. The molecule has 0 amide bonds. The fourth-order valence-electron chi connectivity index (χ4n) is 1.11. The van der Waals surface area contributed by atoms with Crippen molar-refractivity contribution >= 4 is 15.9 Å². The predicted octanol–water partition coefficient (Wildman–Crippen LogP) is 2.82. The molecule has 0 bridgehead atoms. The Bertz CT molecular complexity index is 336. The second-order valence-corrected chi connectivity index (χ2v) is 4.16. The highest BCUT2D eigenvalue weighted by Gasteiger charge is 2.03. The van der Waals surface area contributed by atoms with Crippen LogP contribution >= 0.6 is 15.9 Å². The summed E-state index contributed by atoms with van der Waals surface area (Å²) < 4.78 is 0.729. The molecule has 0 fully saturated rings. The van der Waals surface area contributed by atoms with Crippen molar-refractivity contribution in [2.45, 2.75) is 13.5 Å². The lowest BCUT2D eigenvalue weighted by Gasteiger charge is -2.07. The second kappa shape index (κ2) is 5.17. The Balaban J connectivity index is 2.59. The highest BCUT2D eigenvalue weighted by Crippen LogP contribution is 2.27. The summed E-state index contributed by atoms with van der Waals surface area (Å²) in [6.45, 7) is 7.18. The molecule has 0 aromatic heterocycles. The Kier molecular flexibility index (Phi) is 4.17. The third-order valence-electron chi connectivity index (χ3n) is 1.81. The van der Waals surface area contributed by atoms with Gasteiger partial charge in [0.05, 0.1) is 4.47 Å². The van der Waals surface area contributed by atoms with Gasteiger partial charge in [0.2, 0.25) is 0 Å². The van der Waals surface area contributed by atoms with Crippen LogP contribution in [0.3, 0.4) is 0 Å². The molecule has 0 spiro atoms. The third-order valence-corrected chi connectivity index (χ3v) is 2.45. The van der Waals surface area contributed by atoms with E-state index in [0.29, 0.717) is 12.3 Å². The molecule has 76 valence electrons. The molecule has 0 aliphatic rings. The monoisotopic (exact) mass is 255 g/mol. The van der Waals surface area contributed by atoms with E-state index in [9.17, 15) is 5.11 Å². The summed E-state index contributed by atoms with van der Waals surface area (Å²) in [5, 5.41) is 12.8. The summed E-state index contributed by atoms with van der Waals surface area (Å²) in [5.74, 6) is 0.307. The fourth-order valence-corrected chi connectivity index (χ4v) is 1.52. The zero-order chi connectivity index (χ0) is 10.6. The largest absolute Gasteiger partial charge is 0.506 e. The molecule has 1 aromatic rings. The second-order valence-electron chi connectivity index (χ2n) is 3.31. The van der Waals surface area contributed by atoms with Crippen LogP contribution in [0.15, 0.2) is 34.8 Å². The van der Waals surface area contributed by atoms with Crippen LogP contribution in [0.1, 0.15) is 12.5 Å². The average Bonchev–Trinajstić information content (AvgIpc) is 2.12. The topological polar surface area (TPSA) is 32.3 Å². The third kappa shape index (κ3) is 3.16. The van der Waals surface area contributed by atoms with Crippen LogP contribution in [0.4, 0.5) is 0 Å². The molecule has 0 unspecified atom stereocenters. The minimum Gasteiger partial charge on any atom is -0.506 e. The van der Waals surface area contributed by atoms with E-state index >= 15 is 0 Å². The van der Waals surface area contributed by atoms with E-state index in [1.807, 2.05) is 25.1 Å². The van der Waals surface area contributed by atoms with E-state index < -0.39 is 0 Å². The van der Waals surface area contributed by atoms with E-state index in [0.717, 1.165) is 22.2 Å². The number of aromatic hydroxyl groups is 1. The van der Waals surface area contributed by atoms with Gasteiger partial charge in [-0.3, -0.25) is 0 Å². The molecular formula is C11H14BrNO. The van der Waals surface area contributed by atoms with Crippen LogP contribution in [0.5, 0.6) is 5.75 Å². The molecular weight excluding hydrogens is 242 g/mol. The highest BCUT2D eigenvalue weighted by molar-refractivity contribution is 9.10. The Hall–Kier alpha value is -0.800. The lowest BCUT2D eigenvalue weighted by Crippen LogP contribution is -2.15. The molecule has 2 nitrogen and oxygen atoms in total. The Labute approximate surface area is 92.8 Å². The van der Waals surface area contributed by atoms with E-state index in [1.54, 1.807) is 0 Å². The smallest absolute Gasteiger partial charge is 0.134 e. The van der Waals surface area contributed by atoms with Gasteiger partial charge in [0.15, 0.2) is 0 Å². The number of hydrogen-bond acceptors (Lipinski definition) is 2. The van der Waals surface area contributed by atoms with Crippen molar-refractivity contribution in [2.24, 2.45) is 0 Å². The molecule has 0 atom stereocenters. The van der Waals surface area contributed by atoms with Gasteiger partial charge in [-0.25, -0.2) is 0 Å². The molecule has 2 N–H and O–H groups in total. The average molecular weight is 256 g/mol. The summed E-state index contributed by atoms with van der Waals surface area (Å²) in [6, 6.07) is 5.62. The van der Waals surface area contributed by atoms with Crippen molar-refractivity contribution in [2.75, 3.05) is 6.54 Å². The van der Waals surface area contributed by atoms with Gasteiger partial charge >= 0.3 is 0 Å². The molecule has 0 saturated heterocycles. The van der Waals surface area contributed by atoms with Gasteiger partial charge in [-0.2, -0.15) is 0 Å². The van der Waals surface area contributed by atoms with Crippen LogP contribution in [-0.4, -0.2) is 11.7 Å². The summed E-state index contributed by atoms with van der Waals surface area (Å²) in [4.78, 5) is 0. The van der Waals surface area contributed by atoms with E-state index in [4.69, 9.17) is 0 Å². The number of nitrogens with one attached hydrogen (secondary N) is 1. The lowest BCUT2D eigenvalue weighted by molar-refractivity contribution is 0.462. The number of phenols is 1. The van der Waals surface area contributed by atoms with Gasteiger partial charge in [0, 0.05) is 18.7 Å². The lowest BCUT2D eigenvalue weighted by atomic mass is 10.2. The summed E-state index contributed by atoms with van der Waals surface area (Å²) in [6.07, 6.45) is 0. The fraction of sp³-hybridized carbons (Fsp3) is 0.273. The van der Waals surface area contributed by atoms with Crippen LogP contribution < -0.4 is 5.32 Å². The van der Waals surface area contributed by atoms with Crippen LogP contribution in [-0.2, 0) is 6.54 Å². The summed E-state index contributed by atoms with van der Waals surface area (Å²) in [7, 11) is 0. The minimum absolute atomic E-state index is 0.307. The molecule has 0 aliphatic heterocycles. The van der Waals surface area contributed by atoms with Crippen molar-refractivity contribution in [3.05, 3.63) is 40.4 Å². The first-order valence-electron chi connectivity index (χ1n) is 4.42. The highest BCUT2D eigenvalue weighted by atomic mass is 79.9. The van der Waals surface area contributed by atoms with E-state index in [2.05, 4.69) is 27.8 Å². The summed E-state index contributed by atoms with van der Waals surface area (Å²) in [5.41, 5.74) is 1.97. The molecule has 14 heavy (non-hydrogen) atoms. The number of benzene rings is 1. The van der Waals surface area contributed by atoms with Gasteiger partial charge in [0.25, 0.3) is 0 Å². The van der Waals surface area contributed by atoms with Crippen molar-refractivity contribution in [3.63, 3.8) is 0 Å². The number of rotatable bonds is 4. The first-order valence-corrected chi connectivity index (χ1v) is 5.22. The maximum Gasteiger partial charge on any atom is 0.134 e. The molecule has 0 aliphatic carbocycles. The maximum atomic E-state index is 9.65. The maximum absolute atomic E-state index is 9.65. The van der Waals surface area contributed by atoms with Crippen molar-refractivity contribution in [3.8, 4) is 5.75 Å². The van der Waals surface area contributed by atoms with E-state index in [1.165, 1.54) is 0 Å². The minimum atomic E-state index is 0.307. The van der Waals surface area contributed by atoms with Crippen molar-refractivity contribution < 1.29 is 5.11 Å². The molecule has 3 heteroatoms. The van der Waals surface area contributed by atoms with Crippen molar-refractivity contribution in [1.82, 2.24) is 5.32 Å². The zero-order valence-electron chi connectivity index (χ0n) is 8.18. The van der Waals surface area contributed by atoms with Crippen LogP contribution in [0.2, 0.25) is 0 Å². The first kappa shape index (κ1) is 11.3. The first-order chi connectivity index (χ1) is 6.61.